The normalized spacial score (nSPS) is 12.5. The number of benzene rings is 1. The molecule has 2 amide bonds. The first kappa shape index (κ1) is 23.3. The maximum atomic E-state index is 12.7. The molecule has 0 bridgehead atoms. The second kappa shape index (κ2) is 12.6. The summed E-state index contributed by atoms with van der Waals surface area (Å²) in [7, 11) is 3.58. The summed E-state index contributed by atoms with van der Waals surface area (Å²) < 4.78 is 0. The van der Waals surface area contributed by atoms with Crippen LogP contribution in [0.3, 0.4) is 0 Å². The zero-order valence-corrected chi connectivity index (χ0v) is 17.0. The molecule has 0 aliphatic heterocycles. The van der Waals surface area contributed by atoms with Gasteiger partial charge in [-0.1, -0.05) is 55.1 Å². The fourth-order valence-corrected chi connectivity index (χ4v) is 2.67. The Morgan fingerprint density at radius 1 is 1.21 bits per heavy atom. The van der Waals surface area contributed by atoms with Gasteiger partial charge in [0.2, 0.25) is 11.8 Å². The molecule has 0 saturated carbocycles. The monoisotopic (exact) mass is 385 g/mol. The molecule has 0 fully saturated rings. The van der Waals surface area contributed by atoms with Crippen LogP contribution in [0.2, 0.25) is 0 Å². The van der Waals surface area contributed by atoms with Crippen LogP contribution in [0, 0.1) is 0 Å². The smallest absolute Gasteiger partial charge is 0.233 e. The molecule has 1 rings (SSSR count). The lowest BCUT2D eigenvalue weighted by Gasteiger charge is -2.32. The van der Waals surface area contributed by atoms with Gasteiger partial charge in [0.25, 0.3) is 0 Å². The minimum Gasteiger partial charge on any atom is -0.395 e. The van der Waals surface area contributed by atoms with Gasteiger partial charge in [0.05, 0.1) is 12.6 Å². The van der Waals surface area contributed by atoms with E-state index in [1.54, 1.807) is 24.1 Å². The molecule has 28 heavy (non-hydrogen) atoms. The van der Waals surface area contributed by atoms with E-state index >= 15 is 0 Å². The Balaban J connectivity index is 2.78. The SMILES string of the molecule is C=C(/C=C\C=C/C)NC(=O)CC(=O)N(C)C(CN(C)CCO)c1ccccc1. The van der Waals surface area contributed by atoms with E-state index in [1.165, 1.54) is 0 Å². The van der Waals surface area contributed by atoms with Gasteiger partial charge in [0.15, 0.2) is 0 Å². The standard InChI is InChI=1S/C22H31N3O3/c1-5-6-8-11-18(2)23-21(27)16-22(28)25(4)20(17-24(3)14-15-26)19-12-9-7-10-13-19/h5-13,20,26H,2,14-17H2,1,3-4H3,(H,23,27)/b6-5-,11-8-. The summed E-state index contributed by atoms with van der Waals surface area (Å²) in [6.45, 7) is 6.74. The van der Waals surface area contributed by atoms with Crippen molar-refractivity contribution in [3.8, 4) is 0 Å². The molecule has 0 saturated heterocycles. The molecule has 152 valence electrons. The first-order valence-corrected chi connectivity index (χ1v) is 9.27. The summed E-state index contributed by atoms with van der Waals surface area (Å²) in [5.41, 5.74) is 1.41. The number of nitrogens with one attached hydrogen (secondary N) is 1. The Bertz CT molecular complexity index is 698. The summed E-state index contributed by atoms with van der Waals surface area (Å²) in [5.74, 6) is -0.684. The van der Waals surface area contributed by atoms with Crippen molar-refractivity contribution in [3.63, 3.8) is 0 Å². The Kier molecular flexibility index (Phi) is 10.5. The molecular formula is C22H31N3O3. The third-order valence-electron chi connectivity index (χ3n) is 4.22. The van der Waals surface area contributed by atoms with Gasteiger partial charge in [-0.25, -0.2) is 0 Å². The molecule has 1 atom stereocenters. The minimum absolute atomic E-state index is 0.0426. The Hall–Kier alpha value is -2.70. The van der Waals surface area contributed by atoms with E-state index in [4.69, 9.17) is 5.11 Å². The number of nitrogens with zero attached hydrogens (tertiary/aromatic N) is 2. The number of rotatable bonds is 11. The predicted molar refractivity (Wildman–Crippen MR) is 112 cm³/mol. The van der Waals surface area contributed by atoms with Gasteiger partial charge >= 0.3 is 0 Å². The number of aliphatic hydroxyl groups is 1. The van der Waals surface area contributed by atoms with Crippen molar-refractivity contribution < 1.29 is 14.7 Å². The van der Waals surface area contributed by atoms with Crippen LogP contribution in [0.1, 0.15) is 24.9 Å². The molecule has 0 spiro atoms. The van der Waals surface area contributed by atoms with E-state index < -0.39 is 5.91 Å². The van der Waals surface area contributed by atoms with Crippen molar-refractivity contribution in [2.45, 2.75) is 19.4 Å². The predicted octanol–water partition coefficient (Wildman–Crippen LogP) is 2.26. The van der Waals surface area contributed by atoms with Crippen LogP contribution in [0.4, 0.5) is 0 Å². The molecule has 0 heterocycles. The lowest BCUT2D eigenvalue weighted by atomic mass is 10.0. The molecule has 1 aromatic rings. The minimum atomic E-state index is -0.400. The number of carbonyl (C=O) groups excluding carboxylic acids is 2. The van der Waals surface area contributed by atoms with E-state index in [2.05, 4.69) is 11.9 Å². The van der Waals surface area contributed by atoms with Crippen LogP contribution in [-0.4, -0.2) is 60.5 Å². The number of hydrogen-bond acceptors (Lipinski definition) is 4. The van der Waals surface area contributed by atoms with Crippen molar-refractivity contribution in [3.05, 3.63) is 72.5 Å². The van der Waals surface area contributed by atoms with E-state index in [9.17, 15) is 9.59 Å². The van der Waals surface area contributed by atoms with Gasteiger partial charge in [-0.05, 0) is 25.6 Å². The third-order valence-corrected chi connectivity index (χ3v) is 4.22. The van der Waals surface area contributed by atoms with Crippen molar-refractivity contribution in [2.24, 2.45) is 0 Å². The van der Waals surface area contributed by atoms with Crippen LogP contribution in [0.25, 0.3) is 0 Å². The highest BCUT2D eigenvalue weighted by Crippen LogP contribution is 2.21. The summed E-state index contributed by atoms with van der Waals surface area (Å²) in [4.78, 5) is 28.4. The zero-order chi connectivity index (χ0) is 20.9. The molecule has 6 nitrogen and oxygen atoms in total. The zero-order valence-electron chi connectivity index (χ0n) is 17.0. The molecule has 6 heteroatoms. The van der Waals surface area contributed by atoms with E-state index in [0.717, 1.165) is 5.56 Å². The number of likely N-dealkylation sites (N-methyl/N-ethyl adjacent to an activating group) is 2. The Labute approximate surface area is 167 Å². The highest BCUT2D eigenvalue weighted by Gasteiger charge is 2.24. The van der Waals surface area contributed by atoms with Crippen LogP contribution in [-0.2, 0) is 9.59 Å². The van der Waals surface area contributed by atoms with Gasteiger partial charge in [-0.15, -0.1) is 0 Å². The maximum absolute atomic E-state index is 12.7. The number of hydrogen-bond donors (Lipinski definition) is 2. The van der Waals surface area contributed by atoms with E-state index in [1.807, 2.05) is 61.4 Å². The third kappa shape index (κ3) is 8.33. The van der Waals surface area contributed by atoms with E-state index in [-0.39, 0.29) is 25.0 Å². The summed E-state index contributed by atoms with van der Waals surface area (Å²) >= 11 is 0. The second-order valence-corrected chi connectivity index (χ2v) is 6.55. The molecule has 1 aromatic carbocycles. The highest BCUT2D eigenvalue weighted by atomic mass is 16.3. The number of carbonyl (C=O) groups is 2. The molecule has 0 aromatic heterocycles. The number of allylic oxidation sites excluding steroid dienone is 4. The Morgan fingerprint density at radius 3 is 2.50 bits per heavy atom. The van der Waals surface area contributed by atoms with Crippen molar-refractivity contribution >= 4 is 11.8 Å². The lowest BCUT2D eigenvalue weighted by Crippen LogP contribution is -2.40. The van der Waals surface area contributed by atoms with Crippen molar-refractivity contribution in [1.29, 1.82) is 0 Å². The highest BCUT2D eigenvalue weighted by molar-refractivity contribution is 5.97. The molecule has 0 radical (unpaired) electrons. The average molecular weight is 386 g/mol. The summed E-state index contributed by atoms with van der Waals surface area (Å²) in [5, 5.41) is 11.8. The largest absolute Gasteiger partial charge is 0.395 e. The van der Waals surface area contributed by atoms with Gasteiger partial charge in [0.1, 0.15) is 6.42 Å². The van der Waals surface area contributed by atoms with E-state index in [0.29, 0.717) is 18.8 Å². The van der Waals surface area contributed by atoms with Crippen LogP contribution in [0.15, 0.2) is 66.9 Å². The quantitative estimate of drug-likeness (QED) is 0.453. The number of amides is 2. The fraction of sp³-hybridized carbons (Fsp3) is 0.364. The topological polar surface area (TPSA) is 72.9 Å². The molecule has 1 unspecified atom stereocenters. The average Bonchev–Trinajstić information content (AvgIpc) is 2.66. The summed E-state index contributed by atoms with van der Waals surface area (Å²) in [6, 6.07) is 9.43. The van der Waals surface area contributed by atoms with Gasteiger partial charge < -0.3 is 20.2 Å². The first-order chi connectivity index (χ1) is 13.4. The van der Waals surface area contributed by atoms with Crippen molar-refractivity contribution in [2.75, 3.05) is 33.8 Å². The van der Waals surface area contributed by atoms with Crippen LogP contribution in [0.5, 0.6) is 0 Å². The van der Waals surface area contributed by atoms with Gasteiger partial charge in [-0.2, -0.15) is 0 Å². The maximum Gasteiger partial charge on any atom is 0.233 e. The summed E-state index contributed by atoms with van der Waals surface area (Å²) in [6.07, 6.45) is 6.85. The van der Waals surface area contributed by atoms with Crippen molar-refractivity contribution in [1.82, 2.24) is 15.1 Å². The first-order valence-electron chi connectivity index (χ1n) is 9.27. The Morgan fingerprint density at radius 2 is 1.89 bits per heavy atom. The van der Waals surface area contributed by atoms with Crippen LogP contribution >= 0.6 is 0 Å². The second-order valence-electron chi connectivity index (χ2n) is 6.55. The fourth-order valence-electron chi connectivity index (χ4n) is 2.67. The molecular weight excluding hydrogens is 354 g/mol. The van der Waals surface area contributed by atoms with Gasteiger partial charge in [-0.3, -0.25) is 9.59 Å². The number of aliphatic hydroxyl groups excluding tert-OH is 1. The van der Waals surface area contributed by atoms with Gasteiger partial charge in [0, 0.05) is 25.8 Å². The molecule has 0 aliphatic carbocycles. The lowest BCUT2D eigenvalue weighted by molar-refractivity contribution is -0.136. The molecule has 2 N–H and O–H groups in total. The van der Waals surface area contributed by atoms with Crippen LogP contribution < -0.4 is 5.32 Å². The molecule has 0 aliphatic rings.